The van der Waals surface area contributed by atoms with E-state index in [1.54, 1.807) is 4.68 Å². The van der Waals surface area contributed by atoms with Crippen molar-refractivity contribution in [2.75, 3.05) is 18.5 Å². The molecule has 7 nitrogen and oxygen atoms in total. The van der Waals surface area contributed by atoms with Crippen molar-refractivity contribution in [1.29, 1.82) is 0 Å². The fraction of sp³-hybridized carbons (Fsp3) is 0.727. The van der Waals surface area contributed by atoms with E-state index in [0.717, 1.165) is 19.4 Å². The van der Waals surface area contributed by atoms with Crippen LogP contribution in [0.5, 0.6) is 0 Å². The number of ether oxygens (including phenoxy) is 1. The molecule has 1 atom stereocenters. The number of hydrogen-bond acceptors (Lipinski definition) is 5. The van der Waals surface area contributed by atoms with Gasteiger partial charge in [-0.1, -0.05) is 0 Å². The number of hydrogen-bond donors (Lipinski definition) is 1. The van der Waals surface area contributed by atoms with Crippen LogP contribution in [0.25, 0.3) is 0 Å². The van der Waals surface area contributed by atoms with E-state index in [0.29, 0.717) is 12.4 Å². The molecule has 1 fully saturated rings. The van der Waals surface area contributed by atoms with Crippen LogP contribution in [0.2, 0.25) is 0 Å². The van der Waals surface area contributed by atoms with Gasteiger partial charge in [-0.3, -0.25) is 14.8 Å². The van der Waals surface area contributed by atoms with Crippen LogP contribution >= 0.6 is 0 Å². The van der Waals surface area contributed by atoms with E-state index in [9.17, 15) is 10.1 Å². The van der Waals surface area contributed by atoms with Gasteiger partial charge >= 0.3 is 5.69 Å². The molecule has 1 N–H and O–H groups in total. The van der Waals surface area contributed by atoms with Crippen molar-refractivity contribution >= 4 is 11.5 Å². The Morgan fingerprint density at radius 1 is 1.72 bits per heavy atom. The summed E-state index contributed by atoms with van der Waals surface area (Å²) in [6.45, 7) is 5.20. The van der Waals surface area contributed by atoms with Crippen LogP contribution in [-0.2, 0) is 4.74 Å². The van der Waals surface area contributed by atoms with Crippen molar-refractivity contribution in [2.24, 2.45) is 0 Å². The number of rotatable bonds is 5. The van der Waals surface area contributed by atoms with Gasteiger partial charge in [0.15, 0.2) is 0 Å². The summed E-state index contributed by atoms with van der Waals surface area (Å²) >= 11 is 0. The zero-order valence-electron chi connectivity index (χ0n) is 10.6. The Morgan fingerprint density at radius 2 is 2.50 bits per heavy atom. The van der Waals surface area contributed by atoms with Crippen molar-refractivity contribution in [1.82, 2.24) is 9.78 Å². The van der Waals surface area contributed by atoms with Gasteiger partial charge in [-0.05, 0) is 26.7 Å². The predicted octanol–water partition coefficient (Wildman–Crippen LogP) is 1.96. The molecule has 0 amide bonds. The Labute approximate surface area is 105 Å². The van der Waals surface area contributed by atoms with E-state index in [-0.39, 0.29) is 17.8 Å². The molecule has 1 aromatic rings. The first-order chi connectivity index (χ1) is 8.58. The summed E-state index contributed by atoms with van der Waals surface area (Å²) < 4.78 is 7.06. The lowest BCUT2D eigenvalue weighted by Gasteiger charge is -2.09. The van der Waals surface area contributed by atoms with Crippen molar-refractivity contribution in [3.05, 3.63) is 16.3 Å². The normalized spacial score (nSPS) is 19.4. The topological polar surface area (TPSA) is 82.2 Å². The lowest BCUT2D eigenvalue weighted by molar-refractivity contribution is -0.384. The molecule has 1 aliphatic rings. The second kappa shape index (κ2) is 5.34. The Bertz CT molecular complexity index is 424. The standard InChI is InChI=1S/C11H18N4O3/c1-8(2)14-7-10(15(16)17)11(13-14)12-6-9-4-3-5-18-9/h7-9H,3-6H2,1-2H3,(H,12,13)/t9-/m0/s1. The van der Waals surface area contributed by atoms with Crippen LogP contribution in [0, 0.1) is 10.1 Å². The number of nitrogens with zero attached hydrogens (tertiary/aromatic N) is 3. The van der Waals surface area contributed by atoms with Crippen LogP contribution in [0.15, 0.2) is 6.20 Å². The zero-order chi connectivity index (χ0) is 13.1. The second-order valence-electron chi connectivity index (χ2n) is 4.71. The van der Waals surface area contributed by atoms with E-state index < -0.39 is 4.92 Å². The zero-order valence-corrected chi connectivity index (χ0v) is 10.6. The molecule has 1 saturated heterocycles. The van der Waals surface area contributed by atoms with Gasteiger partial charge in [-0.25, -0.2) is 0 Å². The summed E-state index contributed by atoms with van der Waals surface area (Å²) in [5, 5.41) is 18.1. The molecule has 0 bridgehead atoms. The van der Waals surface area contributed by atoms with Gasteiger partial charge in [0.05, 0.1) is 11.0 Å². The van der Waals surface area contributed by atoms with Crippen LogP contribution < -0.4 is 5.32 Å². The van der Waals surface area contributed by atoms with E-state index >= 15 is 0 Å². The van der Waals surface area contributed by atoms with Crippen LogP contribution in [0.1, 0.15) is 32.7 Å². The number of nitrogens with one attached hydrogen (secondary N) is 1. The highest BCUT2D eigenvalue weighted by atomic mass is 16.6. The molecule has 0 saturated carbocycles. The third-order valence-electron chi connectivity index (χ3n) is 2.96. The van der Waals surface area contributed by atoms with Gasteiger partial charge in [0.2, 0.25) is 5.82 Å². The van der Waals surface area contributed by atoms with Crippen LogP contribution in [0.4, 0.5) is 11.5 Å². The van der Waals surface area contributed by atoms with Crippen molar-refractivity contribution in [3.8, 4) is 0 Å². The van der Waals surface area contributed by atoms with Crippen molar-refractivity contribution in [2.45, 2.75) is 38.8 Å². The maximum atomic E-state index is 10.9. The maximum absolute atomic E-state index is 10.9. The van der Waals surface area contributed by atoms with Gasteiger partial charge in [-0.15, -0.1) is 5.10 Å². The van der Waals surface area contributed by atoms with Crippen molar-refractivity contribution in [3.63, 3.8) is 0 Å². The Hall–Kier alpha value is -1.63. The molecule has 1 aliphatic heterocycles. The summed E-state index contributed by atoms with van der Waals surface area (Å²) in [5.41, 5.74) is 0.0155. The first kappa shape index (κ1) is 12.8. The minimum absolute atomic E-state index is 0.0155. The third kappa shape index (κ3) is 2.79. The maximum Gasteiger partial charge on any atom is 0.330 e. The van der Waals surface area contributed by atoms with Gasteiger partial charge in [0.1, 0.15) is 6.20 Å². The summed E-state index contributed by atoms with van der Waals surface area (Å²) in [5.74, 6) is 0.323. The van der Waals surface area contributed by atoms with E-state index in [1.807, 2.05) is 13.8 Å². The number of aromatic nitrogens is 2. The van der Waals surface area contributed by atoms with E-state index in [1.165, 1.54) is 6.20 Å². The van der Waals surface area contributed by atoms with Crippen LogP contribution in [-0.4, -0.2) is 34.0 Å². The molecule has 18 heavy (non-hydrogen) atoms. The molecule has 1 aromatic heterocycles. The number of nitro groups is 1. The van der Waals surface area contributed by atoms with Gasteiger partial charge in [0.25, 0.3) is 0 Å². The Balaban J connectivity index is 2.07. The Kier molecular flexibility index (Phi) is 3.81. The second-order valence-corrected chi connectivity index (χ2v) is 4.71. The molecule has 2 heterocycles. The summed E-state index contributed by atoms with van der Waals surface area (Å²) in [4.78, 5) is 10.5. The van der Waals surface area contributed by atoms with E-state index in [4.69, 9.17) is 4.74 Å². The fourth-order valence-corrected chi connectivity index (χ4v) is 1.92. The first-order valence-electron chi connectivity index (χ1n) is 6.17. The molecule has 0 unspecified atom stereocenters. The van der Waals surface area contributed by atoms with Crippen LogP contribution in [0.3, 0.4) is 0 Å². The summed E-state index contributed by atoms with van der Waals surface area (Å²) in [7, 11) is 0. The molecule has 0 aliphatic carbocycles. The molecule has 100 valence electrons. The highest BCUT2D eigenvalue weighted by Gasteiger charge is 2.22. The molecular weight excluding hydrogens is 236 g/mol. The third-order valence-corrected chi connectivity index (χ3v) is 2.96. The smallest absolute Gasteiger partial charge is 0.330 e. The SMILES string of the molecule is CC(C)n1cc([N+](=O)[O-])c(NC[C@@H]2CCCO2)n1. The summed E-state index contributed by atoms with van der Waals surface area (Å²) in [6, 6.07) is 0.0991. The van der Waals surface area contributed by atoms with Gasteiger partial charge < -0.3 is 10.1 Å². The first-order valence-corrected chi connectivity index (χ1v) is 6.17. The van der Waals surface area contributed by atoms with Gasteiger partial charge in [-0.2, -0.15) is 0 Å². The molecule has 2 rings (SSSR count). The highest BCUT2D eigenvalue weighted by molar-refractivity contribution is 5.54. The minimum Gasteiger partial charge on any atom is -0.376 e. The van der Waals surface area contributed by atoms with Crippen molar-refractivity contribution < 1.29 is 9.66 Å². The Morgan fingerprint density at radius 3 is 3.06 bits per heavy atom. The average molecular weight is 254 g/mol. The molecule has 7 heteroatoms. The minimum atomic E-state index is -0.413. The molecule has 0 aromatic carbocycles. The van der Waals surface area contributed by atoms with Gasteiger partial charge in [0, 0.05) is 19.2 Å². The van der Waals surface area contributed by atoms with E-state index in [2.05, 4.69) is 10.4 Å². The highest BCUT2D eigenvalue weighted by Crippen LogP contribution is 2.24. The fourth-order valence-electron chi connectivity index (χ4n) is 1.92. The molecular formula is C11H18N4O3. The molecule has 0 spiro atoms. The number of anilines is 1. The summed E-state index contributed by atoms with van der Waals surface area (Å²) in [6.07, 6.45) is 3.64. The predicted molar refractivity (Wildman–Crippen MR) is 66.7 cm³/mol. The quantitative estimate of drug-likeness (QED) is 0.641. The molecule has 0 radical (unpaired) electrons. The monoisotopic (exact) mass is 254 g/mol. The average Bonchev–Trinajstić information content (AvgIpc) is 2.95. The largest absolute Gasteiger partial charge is 0.376 e. The lowest BCUT2D eigenvalue weighted by atomic mass is 10.2. The lowest BCUT2D eigenvalue weighted by Crippen LogP contribution is -2.19.